The van der Waals surface area contributed by atoms with Gasteiger partial charge in [0.25, 0.3) is 0 Å². The summed E-state index contributed by atoms with van der Waals surface area (Å²) in [5.41, 5.74) is 5.00. The van der Waals surface area contributed by atoms with E-state index in [1.807, 2.05) is 48.5 Å². The fraction of sp³-hybridized carbons (Fsp3) is 0.310. The van der Waals surface area contributed by atoms with E-state index in [1.165, 1.54) is 6.07 Å². The summed E-state index contributed by atoms with van der Waals surface area (Å²) in [5.74, 6) is -0.146. The minimum atomic E-state index is -0.801. The number of benzene rings is 3. The SMILES string of the molecule is COc1ccc(-c2ccc(F)c3c2CN(C(=O)OCc2ccccc2)CC3)cc1C1CC1CC(=O)O. The number of fused-ring (bicyclic) bond motifs is 1. The molecular formula is C29H28FNO5. The second kappa shape index (κ2) is 10.0. The lowest BCUT2D eigenvalue weighted by Gasteiger charge is -2.30. The van der Waals surface area contributed by atoms with E-state index in [-0.39, 0.29) is 37.2 Å². The summed E-state index contributed by atoms with van der Waals surface area (Å²) in [7, 11) is 1.60. The van der Waals surface area contributed by atoms with Crippen molar-refractivity contribution in [3.8, 4) is 16.9 Å². The highest BCUT2D eigenvalue weighted by atomic mass is 19.1. The summed E-state index contributed by atoms with van der Waals surface area (Å²) >= 11 is 0. The first-order chi connectivity index (χ1) is 17.4. The zero-order chi connectivity index (χ0) is 25.2. The highest BCUT2D eigenvalue weighted by Crippen LogP contribution is 2.53. The van der Waals surface area contributed by atoms with Crippen LogP contribution in [-0.2, 0) is 29.1 Å². The Labute approximate surface area is 209 Å². The first-order valence-corrected chi connectivity index (χ1v) is 12.1. The lowest BCUT2D eigenvalue weighted by molar-refractivity contribution is -0.137. The fourth-order valence-corrected chi connectivity index (χ4v) is 5.14. The topological polar surface area (TPSA) is 76.1 Å². The molecule has 1 aliphatic carbocycles. The van der Waals surface area contributed by atoms with Gasteiger partial charge in [-0.25, -0.2) is 9.18 Å². The molecule has 1 saturated carbocycles. The molecule has 7 heteroatoms. The van der Waals surface area contributed by atoms with Gasteiger partial charge in [-0.3, -0.25) is 4.79 Å². The van der Waals surface area contributed by atoms with Crippen LogP contribution in [0.15, 0.2) is 60.7 Å². The van der Waals surface area contributed by atoms with Crippen LogP contribution in [0.1, 0.15) is 41.0 Å². The second-order valence-corrected chi connectivity index (χ2v) is 9.42. The quantitative estimate of drug-likeness (QED) is 0.456. The summed E-state index contributed by atoms with van der Waals surface area (Å²) < 4.78 is 25.8. The number of rotatable bonds is 7. The van der Waals surface area contributed by atoms with Gasteiger partial charge in [-0.05, 0) is 76.3 Å². The van der Waals surface area contributed by atoms with E-state index in [1.54, 1.807) is 18.1 Å². The predicted octanol–water partition coefficient (Wildman–Crippen LogP) is 5.77. The predicted molar refractivity (Wildman–Crippen MR) is 132 cm³/mol. The second-order valence-electron chi connectivity index (χ2n) is 9.42. The molecule has 3 aromatic rings. The number of methoxy groups -OCH3 is 1. The Kier molecular flexibility index (Phi) is 6.63. The van der Waals surface area contributed by atoms with E-state index in [0.29, 0.717) is 18.5 Å². The number of nitrogens with zero attached hydrogens (tertiary/aromatic N) is 1. The average molecular weight is 490 g/mol. The Morgan fingerprint density at radius 3 is 2.64 bits per heavy atom. The van der Waals surface area contributed by atoms with Crippen molar-refractivity contribution in [3.05, 3.63) is 88.7 Å². The molecule has 0 spiro atoms. The van der Waals surface area contributed by atoms with Crippen molar-refractivity contribution in [1.29, 1.82) is 0 Å². The number of aliphatic carboxylic acids is 1. The van der Waals surface area contributed by atoms with Crippen LogP contribution in [-0.4, -0.2) is 35.7 Å². The smallest absolute Gasteiger partial charge is 0.410 e. The third-order valence-electron chi connectivity index (χ3n) is 7.12. The Hall–Kier alpha value is -3.87. The first-order valence-electron chi connectivity index (χ1n) is 12.1. The molecule has 36 heavy (non-hydrogen) atoms. The van der Waals surface area contributed by atoms with Gasteiger partial charge in [0.15, 0.2) is 0 Å². The minimum absolute atomic E-state index is 0.0867. The largest absolute Gasteiger partial charge is 0.496 e. The minimum Gasteiger partial charge on any atom is -0.496 e. The Balaban J connectivity index is 1.40. The molecular weight excluding hydrogens is 461 g/mol. The zero-order valence-corrected chi connectivity index (χ0v) is 20.1. The molecule has 0 radical (unpaired) electrons. The molecule has 1 fully saturated rings. The van der Waals surface area contributed by atoms with E-state index in [9.17, 15) is 14.0 Å². The molecule has 5 rings (SSSR count). The van der Waals surface area contributed by atoms with Crippen molar-refractivity contribution in [1.82, 2.24) is 4.90 Å². The summed E-state index contributed by atoms with van der Waals surface area (Å²) in [6.07, 6.45) is 0.908. The third kappa shape index (κ3) is 4.91. The number of carboxylic acids is 1. The van der Waals surface area contributed by atoms with E-state index in [2.05, 4.69) is 0 Å². The molecule has 6 nitrogen and oxygen atoms in total. The molecule has 1 amide bonds. The average Bonchev–Trinajstić information content (AvgIpc) is 3.65. The van der Waals surface area contributed by atoms with Crippen LogP contribution < -0.4 is 4.74 Å². The molecule has 2 atom stereocenters. The summed E-state index contributed by atoms with van der Waals surface area (Å²) in [6.45, 7) is 0.816. The van der Waals surface area contributed by atoms with Crippen LogP contribution in [0, 0.1) is 11.7 Å². The number of hydrogen-bond acceptors (Lipinski definition) is 4. The lowest BCUT2D eigenvalue weighted by atomic mass is 9.89. The fourth-order valence-electron chi connectivity index (χ4n) is 5.14. The van der Waals surface area contributed by atoms with E-state index >= 15 is 0 Å². The maximum Gasteiger partial charge on any atom is 0.410 e. The molecule has 3 aromatic carbocycles. The Morgan fingerprint density at radius 1 is 1.08 bits per heavy atom. The molecule has 1 aliphatic heterocycles. The van der Waals surface area contributed by atoms with E-state index in [4.69, 9.17) is 14.6 Å². The number of hydrogen-bond donors (Lipinski definition) is 1. The van der Waals surface area contributed by atoms with Crippen LogP contribution in [0.25, 0.3) is 11.1 Å². The van der Waals surface area contributed by atoms with Gasteiger partial charge < -0.3 is 19.5 Å². The molecule has 2 aliphatic rings. The van der Waals surface area contributed by atoms with Gasteiger partial charge in [-0.2, -0.15) is 0 Å². The highest BCUT2D eigenvalue weighted by Gasteiger charge is 2.41. The summed E-state index contributed by atoms with van der Waals surface area (Å²) in [5, 5.41) is 9.17. The van der Waals surface area contributed by atoms with Crippen LogP contribution in [0.4, 0.5) is 9.18 Å². The van der Waals surface area contributed by atoms with Gasteiger partial charge in [-0.15, -0.1) is 0 Å². The molecule has 1 heterocycles. The van der Waals surface area contributed by atoms with Crippen molar-refractivity contribution in [2.24, 2.45) is 5.92 Å². The number of amides is 1. The molecule has 0 aromatic heterocycles. The first kappa shape index (κ1) is 23.9. The standard InChI is InChI=1S/C29H28FNO5/c1-35-27-10-7-19(13-24(27)23-14-20(23)15-28(32)33)21-8-9-26(30)22-11-12-31(16-25(21)22)29(34)36-17-18-5-3-2-4-6-18/h2-10,13,20,23H,11-12,14-17H2,1H3,(H,32,33). The number of halogens is 1. The van der Waals surface area contributed by atoms with Gasteiger partial charge in [-0.1, -0.05) is 42.5 Å². The molecule has 2 unspecified atom stereocenters. The molecule has 0 saturated heterocycles. The van der Waals surface area contributed by atoms with Crippen LogP contribution in [0.3, 0.4) is 0 Å². The van der Waals surface area contributed by atoms with Gasteiger partial charge in [0.2, 0.25) is 0 Å². The number of ether oxygens (including phenoxy) is 2. The van der Waals surface area contributed by atoms with E-state index in [0.717, 1.165) is 40.0 Å². The third-order valence-corrected chi connectivity index (χ3v) is 7.12. The lowest BCUT2D eigenvalue weighted by Crippen LogP contribution is -2.37. The maximum atomic E-state index is 14.8. The van der Waals surface area contributed by atoms with Gasteiger partial charge in [0.1, 0.15) is 18.2 Å². The summed E-state index contributed by atoms with van der Waals surface area (Å²) in [4.78, 5) is 25.6. The number of carbonyl (C=O) groups excluding carboxylic acids is 1. The summed E-state index contributed by atoms with van der Waals surface area (Å²) in [6, 6.07) is 18.5. The van der Waals surface area contributed by atoms with Gasteiger partial charge in [0, 0.05) is 19.5 Å². The maximum absolute atomic E-state index is 14.8. The molecule has 0 bridgehead atoms. The van der Waals surface area contributed by atoms with Crippen molar-refractivity contribution in [3.63, 3.8) is 0 Å². The van der Waals surface area contributed by atoms with Crippen molar-refractivity contribution >= 4 is 12.1 Å². The normalized spacial score (nSPS) is 18.3. The van der Waals surface area contributed by atoms with Crippen LogP contribution in [0.2, 0.25) is 0 Å². The number of carbonyl (C=O) groups is 2. The Morgan fingerprint density at radius 2 is 1.89 bits per heavy atom. The van der Waals surface area contributed by atoms with Crippen molar-refractivity contribution in [2.75, 3.05) is 13.7 Å². The van der Waals surface area contributed by atoms with Crippen molar-refractivity contribution < 1.29 is 28.6 Å². The highest BCUT2D eigenvalue weighted by molar-refractivity contribution is 5.74. The molecule has 186 valence electrons. The number of carboxylic acid groups (broad SMARTS) is 1. The van der Waals surface area contributed by atoms with Crippen LogP contribution >= 0.6 is 0 Å². The van der Waals surface area contributed by atoms with Gasteiger partial charge >= 0.3 is 12.1 Å². The van der Waals surface area contributed by atoms with E-state index < -0.39 is 12.1 Å². The Bertz CT molecular complexity index is 1290. The monoisotopic (exact) mass is 489 g/mol. The van der Waals surface area contributed by atoms with Gasteiger partial charge in [0.05, 0.1) is 7.11 Å². The van der Waals surface area contributed by atoms with Crippen LogP contribution in [0.5, 0.6) is 5.75 Å². The zero-order valence-electron chi connectivity index (χ0n) is 20.1. The van der Waals surface area contributed by atoms with Crippen molar-refractivity contribution in [2.45, 2.75) is 38.3 Å². The molecule has 1 N–H and O–H groups in total.